The van der Waals surface area contributed by atoms with Gasteiger partial charge in [0.05, 0.1) is 16.9 Å². The van der Waals surface area contributed by atoms with E-state index in [1.165, 1.54) is 0 Å². The van der Waals surface area contributed by atoms with E-state index in [0.717, 1.165) is 39.6 Å². The summed E-state index contributed by atoms with van der Waals surface area (Å²) in [5, 5.41) is 12.3. The number of carboxylic acid groups (broad SMARTS) is 1. The van der Waals surface area contributed by atoms with Gasteiger partial charge in [-0.1, -0.05) is 6.08 Å². The number of anilines is 3. The molecule has 0 radical (unpaired) electrons. The van der Waals surface area contributed by atoms with Gasteiger partial charge in [0, 0.05) is 29.2 Å². The second kappa shape index (κ2) is 7.37. The van der Waals surface area contributed by atoms with Gasteiger partial charge in [-0.2, -0.15) is 0 Å². The van der Waals surface area contributed by atoms with Gasteiger partial charge >= 0.3 is 5.97 Å². The first-order valence-corrected chi connectivity index (χ1v) is 8.56. The second-order valence-electron chi connectivity index (χ2n) is 6.53. The van der Waals surface area contributed by atoms with E-state index in [2.05, 4.69) is 5.32 Å². The van der Waals surface area contributed by atoms with Gasteiger partial charge in [0.2, 0.25) is 0 Å². The molecule has 138 valence electrons. The van der Waals surface area contributed by atoms with Crippen molar-refractivity contribution in [1.29, 1.82) is 0 Å². The van der Waals surface area contributed by atoms with Crippen molar-refractivity contribution >= 4 is 34.4 Å². The molecule has 3 rings (SSSR count). The molecule has 0 fully saturated rings. The fourth-order valence-electron chi connectivity index (χ4n) is 2.75. The summed E-state index contributed by atoms with van der Waals surface area (Å²) in [6, 6.07) is 10.3. The highest BCUT2D eigenvalue weighted by Gasteiger charge is 2.10. The van der Waals surface area contributed by atoms with Crippen LogP contribution in [0.15, 0.2) is 64.8 Å². The zero-order valence-electron chi connectivity index (χ0n) is 15.3. The smallest absolute Gasteiger partial charge is 0.335 e. The summed E-state index contributed by atoms with van der Waals surface area (Å²) >= 11 is 0. The maximum atomic E-state index is 11.0. The number of nitrogen functional groups attached to an aromatic ring is 1. The fourth-order valence-corrected chi connectivity index (χ4v) is 2.75. The molecule has 0 aliphatic heterocycles. The van der Waals surface area contributed by atoms with Gasteiger partial charge in [0.25, 0.3) is 0 Å². The Bertz CT molecular complexity index is 986. The number of allylic oxidation sites excluding steroid dienone is 3. The minimum atomic E-state index is -0.958. The van der Waals surface area contributed by atoms with E-state index in [4.69, 9.17) is 21.6 Å². The SMILES string of the molecule is CC1=CC(=Nc2cc(C)c(N)cc2Nc2ccc(C(=O)O)cc2)CC=C1N. The molecule has 0 spiro atoms. The van der Waals surface area contributed by atoms with Crippen LogP contribution in [0.2, 0.25) is 0 Å². The van der Waals surface area contributed by atoms with Crippen molar-refractivity contribution in [2.24, 2.45) is 10.7 Å². The Morgan fingerprint density at radius 3 is 2.48 bits per heavy atom. The van der Waals surface area contributed by atoms with Crippen molar-refractivity contribution < 1.29 is 9.90 Å². The van der Waals surface area contributed by atoms with Gasteiger partial charge < -0.3 is 21.9 Å². The normalized spacial score (nSPS) is 15.3. The van der Waals surface area contributed by atoms with Crippen molar-refractivity contribution in [3.8, 4) is 0 Å². The van der Waals surface area contributed by atoms with Crippen LogP contribution in [0.1, 0.15) is 29.3 Å². The number of aryl methyl sites for hydroxylation is 1. The van der Waals surface area contributed by atoms with Crippen LogP contribution in [0, 0.1) is 6.92 Å². The first kappa shape index (κ1) is 18.3. The highest BCUT2D eigenvalue weighted by molar-refractivity contribution is 6.01. The topological polar surface area (TPSA) is 114 Å². The highest BCUT2D eigenvalue weighted by atomic mass is 16.4. The molecule has 2 aromatic carbocycles. The third-order valence-electron chi connectivity index (χ3n) is 4.43. The molecule has 0 bridgehead atoms. The van der Waals surface area contributed by atoms with Crippen LogP contribution in [0.4, 0.5) is 22.7 Å². The third kappa shape index (κ3) is 4.17. The second-order valence-corrected chi connectivity index (χ2v) is 6.53. The van der Waals surface area contributed by atoms with Crippen LogP contribution in [0.3, 0.4) is 0 Å². The number of benzene rings is 2. The van der Waals surface area contributed by atoms with Crippen LogP contribution >= 0.6 is 0 Å². The van der Waals surface area contributed by atoms with Gasteiger partial charge in [-0.3, -0.25) is 4.99 Å². The lowest BCUT2D eigenvalue weighted by molar-refractivity contribution is 0.0697. The number of rotatable bonds is 4. The van der Waals surface area contributed by atoms with Crippen molar-refractivity contribution in [1.82, 2.24) is 0 Å². The maximum absolute atomic E-state index is 11.0. The van der Waals surface area contributed by atoms with Crippen LogP contribution in [-0.4, -0.2) is 16.8 Å². The fraction of sp³-hybridized carbons (Fsp3) is 0.143. The van der Waals surface area contributed by atoms with E-state index < -0.39 is 5.97 Å². The Hall–Kier alpha value is -3.54. The molecule has 1 aliphatic rings. The number of nitrogens with two attached hydrogens (primary N) is 2. The lowest BCUT2D eigenvalue weighted by Crippen LogP contribution is -2.08. The van der Waals surface area contributed by atoms with Crippen molar-refractivity contribution in [3.05, 3.63) is 70.9 Å². The lowest BCUT2D eigenvalue weighted by atomic mass is 10.0. The molecule has 0 aromatic heterocycles. The standard InChI is InChI=1S/C21H22N4O2/c1-12-9-16(7-8-17(12)22)25-19-10-13(2)18(23)11-20(19)24-15-5-3-14(4-6-15)21(26)27/h3-6,8-11,24H,7,22-23H2,1-2H3,(H,26,27). The van der Waals surface area contributed by atoms with Crippen LogP contribution in [-0.2, 0) is 0 Å². The van der Waals surface area contributed by atoms with Crippen LogP contribution in [0.5, 0.6) is 0 Å². The molecule has 6 nitrogen and oxygen atoms in total. The van der Waals surface area contributed by atoms with Gasteiger partial charge in [-0.15, -0.1) is 0 Å². The van der Waals surface area contributed by atoms with E-state index in [-0.39, 0.29) is 5.56 Å². The van der Waals surface area contributed by atoms with Gasteiger partial charge in [-0.05, 0) is 67.5 Å². The Balaban J connectivity index is 1.95. The zero-order valence-corrected chi connectivity index (χ0v) is 15.3. The zero-order chi connectivity index (χ0) is 19.6. The molecule has 0 unspecified atom stereocenters. The molecule has 0 amide bonds. The van der Waals surface area contributed by atoms with Crippen LogP contribution < -0.4 is 16.8 Å². The average molecular weight is 362 g/mol. The summed E-state index contributed by atoms with van der Waals surface area (Å²) in [7, 11) is 0. The summed E-state index contributed by atoms with van der Waals surface area (Å²) in [5.41, 5.74) is 18.8. The molecule has 2 aromatic rings. The molecule has 6 N–H and O–H groups in total. The van der Waals surface area contributed by atoms with Crippen molar-refractivity contribution in [3.63, 3.8) is 0 Å². The number of carbonyl (C=O) groups is 1. The summed E-state index contributed by atoms with van der Waals surface area (Å²) in [6.07, 6.45) is 4.60. The number of carboxylic acids is 1. The first-order chi connectivity index (χ1) is 12.8. The maximum Gasteiger partial charge on any atom is 0.335 e. The monoisotopic (exact) mass is 362 g/mol. The summed E-state index contributed by atoms with van der Waals surface area (Å²) in [5.74, 6) is -0.958. The molecular weight excluding hydrogens is 340 g/mol. The van der Waals surface area contributed by atoms with Crippen molar-refractivity contribution in [2.45, 2.75) is 20.3 Å². The minimum Gasteiger partial charge on any atom is -0.478 e. The number of nitrogens with zero attached hydrogens (tertiary/aromatic N) is 1. The van der Waals surface area contributed by atoms with Gasteiger partial charge in [0.1, 0.15) is 0 Å². The van der Waals surface area contributed by atoms with E-state index in [1.54, 1.807) is 24.3 Å². The third-order valence-corrected chi connectivity index (χ3v) is 4.43. The molecule has 0 saturated carbocycles. The Morgan fingerprint density at radius 1 is 1.15 bits per heavy atom. The Morgan fingerprint density at radius 2 is 1.85 bits per heavy atom. The summed E-state index contributed by atoms with van der Waals surface area (Å²) < 4.78 is 0. The van der Waals surface area contributed by atoms with E-state index in [9.17, 15) is 4.79 Å². The predicted octanol–water partition coefficient (Wildman–Crippen LogP) is 4.28. The number of hydrogen-bond acceptors (Lipinski definition) is 5. The van der Waals surface area contributed by atoms with Gasteiger partial charge in [0.15, 0.2) is 0 Å². The number of aliphatic imine (C=N–C) groups is 1. The number of aromatic carboxylic acids is 1. The van der Waals surface area contributed by atoms with E-state index in [0.29, 0.717) is 12.1 Å². The van der Waals surface area contributed by atoms with E-state index >= 15 is 0 Å². The average Bonchev–Trinajstić information content (AvgIpc) is 2.63. The molecular formula is C21H22N4O2. The Labute approximate surface area is 157 Å². The Kier molecular flexibility index (Phi) is 4.98. The largest absolute Gasteiger partial charge is 0.478 e. The first-order valence-electron chi connectivity index (χ1n) is 8.56. The van der Waals surface area contributed by atoms with Gasteiger partial charge in [-0.25, -0.2) is 4.79 Å². The van der Waals surface area contributed by atoms with Crippen molar-refractivity contribution in [2.75, 3.05) is 11.1 Å². The molecule has 0 heterocycles. The molecule has 27 heavy (non-hydrogen) atoms. The summed E-state index contributed by atoms with van der Waals surface area (Å²) in [4.78, 5) is 15.8. The van der Waals surface area contributed by atoms with Crippen LogP contribution in [0.25, 0.3) is 0 Å². The molecule has 0 saturated heterocycles. The number of nitrogens with one attached hydrogen (secondary N) is 1. The highest BCUT2D eigenvalue weighted by Crippen LogP contribution is 2.33. The molecule has 1 aliphatic carbocycles. The lowest BCUT2D eigenvalue weighted by Gasteiger charge is -2.15. The molecule has 6 heteroatoms. The quantitative estimate of drug-likeness (QED) is 0.606. The van der Waals surface area contributed by atoms with E-state index in [1.807, 2.05) is 38.1 Å². The molecule has 0 atom stereocenters. The predicted molar refractivity (Wildman–Crippen MR) is 110 cm³/mol. The minimum absolute atomic E-state index is 0.233. The summed E-state index contributed by atoms with van der Waals surface area (Å²) in [6.45, 7) is 3.89. The number of hydrogen-bond donors (Lipinski definition) is 4.